The Bertz CT molecular complexity index is 1840. The first-order valence-electron chi connectivity index (χ1n) is 30.5. The number of hydrogen-bond donors (Lipinski definition) is 3. The van der Waals surface area contributed by atoms with Gasteiger partial charge in [-0.3, -0.25) is 14.4 Å². The van der Waals surface area contributed by atoms with Gasteiger partial charge in [0, 0.05) is 19.3 Å². The van der Waals surface area contributed by atoms with Crippen LogP contribution in [-0.2, 0) is 42.9 Å². The Morgan fingerprint density at radius 2 is 0.848 bits per heavy atom. The zero-order valence-corrected chi connectivity index (χ0v) is 49.1. The average Bonchev–Trinajstić information content (AvgIpc) is 3.44. The highest BCUT2D eigenvalue weighted by Crippen LogP contribution is 2.26. The lowest BCUT2D eigenvalue weighted by molar-refractivity contribution is -0.301. The second-order valence-corrected chi connectivity index (χ2v) is 20.2. The van der Waals surface area contributed by atoms with E-state index in [2.05, 4.69) is 130 Å². The van der Waals surface area contributed by atoms with Crippen molar-refractivity contribution in [1.29, 1.82) is 0 Å². The van der Waals surface area contributed by atoms with Crippen LogP contribution < -0.4 is 0 Å². The van der Waals surface area contributed by atoms with E-state index in [1.54, 1.807) is 0 Å². The third-order valence-corrected chi connectivity index (χ3v) is 13.0. The Labute approximate surface area is 478 Å². The highest BCUT2D eigenvalue weighted by atomic mass is 16.7. The number of carbonyl (C=O) groups is 4. The van der Waals surface area contributed by atoms with Gasteiger partial charge in [-0.15, -0.1) is 0 Å². The van der Waals surface area contributed by atoms with Gasteiger partial charge in [-0.05, 0) is 116 Å². The van der Waals surface area contributed by atoms with Crippen LogP contribution in [0.5, 0.6) is 0 Å². The number of rotatable bonds is 50. The summed E-state index contributed by atoms with van der Waals surface area (Å²) >= 11 is 0. The van der Waals surface area contributed by atoms with Crippen molar-refractivity contribution >= 4 is 23.9 Å². The number of carbonyl (C=O) groups excluding carboxylic acids is 3. The SMILES string of the molecule is CC/C=C\C/C=C\C/C=C\C/C=C\C/C=C\C/C=C\CCC(=O)OCC(COC1OC(C(=O)O)C(O)C(O)C1OC(=O)CCCCCCC/C=C\C/C=C\CCC)OC(=O)CCCCCCCCC/C=C\C/C=C\CCCCC. The number of carboxylic acids is 1. The second-order valence-electron chi connectivity index (χ2n) is 20.2. The number of hydrogen-bond acceptors (Lipinski definition) is 11. The Morgan fingerprint density at radius 3 is 1.32 bits per heavy atom. The molecule has 0 amide bonds. The first-order chi connectivity index (χ1) is 38.6. The van der Waals surface area contributed by atoms with Gasteiger partial charge in [-0.1, -0.05) is 213 Å². The Kier molecular flexibility index (Phi) is 49.1. The minimum Gasteiger partial charge on any atom is -0.479 e. The molecule has 1 aliphatic rings. The Hall–Kier alpha value is -4.88. The minimum absolute atomic E-state index is 0.0301. The summed E-state index contributed by atoms with van der Waals surface area (Å²) in [5.74, 6) is -3.27. The standard InChI is InChI=1S/C67H106O12/c1-4-7-10-13-16-19-22-25-27-29-30-32-33-36-38-41-44-47-50-53-59(68)75-56-58(77-60(69)54-51-48-45-42-40-37-34-31-28-26-23-20-17-14-11-8-5-2)57-76-67-65(63(72)62(71)64(79-67)66(73)74)78-61(70)55-52-49-46-43-39-35-24-21-18-15-12-9-6-3/h7,10,12,15-17,19-21,24-28,30,32,36,38,44,47,58,62-65,67,71-72H,4-6,8-9,11,13-14,18,22-23,29,31,33-35,37,39-43,45-46,48-57H2,1-3H3,(H,73,74)/b10-7-,15-12-,19-16-,20-17-,24-21-,27-25-,28-26-,32-30-,38-36-,47-44-. The molecule has 79 heavy (non-hydrogen) atoms. The van der Waals surface area contributed by atoms with Crippen LogP contribution in [0.3, 0.4) is 0 Å². The molecule has 0 spiro atoms. The fourth-order valence-corrected chi connectivity index (χ4v) is 8.34. The van der Waals surface area contributed by atoms with Gasteiger partial charge in [0.25, 0.3) is 0 Å². The van der Waals surface area contributed by atoms with Gasteiger partial charge < -0.3 is 39.0 Å². The highest BCUT2D eigenvalue weighted by Gasteiger charge is 2.50. The van der Waals surface area contributed by atoms with Crippen LogP contribution >= 0.6 is 0 Å². The molecule has 446 valence electrons. The fraction of sp³-hybridized carbons (Fsp3) is 0.642. The van der Waals surface area contributed by atoms with Crippen LogP contribution in [0.4, 0.5) is 0 Å². The number of unbranched alkanes of at least 4 members (excludes halogenated alkanes) is 16. The first-order valence-corrected chi connectivity index (χ1v) is 30.5. The average molecular weight is 1100 g/mol. The normalized spacial score (nSPS) is 18.7. The van der Waals surface area contributed by atoms with Crippen LogP contribution in [0.25, 0.3) is 0 Å². The number of allylic oxidation sites excluding steroid dienone is 20. The van der Waals surface area contributed by atoms with Crippen molar-refractivity contribution in [3.05, 3.63) is 122 Å². The summed E-state index contributed by atoms with van der Waals surface area (Å²) in [6, 6.07) is 0. The Morgan fingerprint density at radius 1 is 0.430 bits per heavy atom. The van der Waals surface area contributed by atoms with Crippen molar-refractivity contribution < 1.29 is 58.2 Å². The van der Waals surface area contributed by atoms with Gasteiger partial charge >= 0.3 is 23.9 Å². The molecule has 6 atom stereocenters. The van der Waals surface area contributed by atoms with Gasteiger partial charge in [0.1, 0.15) is 18.8 Å². The lowest BCUT2D eigenvalue weighted by Crippen LogP contribution is -2.61. The van der Waals surface area contributed by atoms with Gasteiger partial charge in [0.05, 0.1) is 6.61 Å². The van der Waals surface area contributed by atoms with E-state index in [-0.39, 0.29) is 25.9 Å². The maximum Gasteiger partial charge on any atom is 0.335 e. The summed E-state index contributed by atoms with van der Waals surface area (Å²) in [6.07, 6.45) is 61.7. The number of aliphatic carboxylic acids is 1. The van der Waals surface area contributed by atoms with Gasteiger partial charge in [0.15, 0.2) is 24.6 Å². The molecule has 1 aliphatic heterocycles. The lowest BCUT2D eigenvalue weighted by atomic mass is 9.98. The maximum atomic E-state index is 13.2. The third-order valence-electron chi connectivity index (χ3n) is 13.0. The van der Waals surface area contributed by atoms with Crippen molar-refractivity contribution in [3.8, 4) is 0 Å². The van der Waals surface area contributed by atoms with Crippen molar-refractivity contribution in [3.63, 3.8) is 0 Å². The van der Waals surface area contributed by atoms with Crippen LogP contribution in [0.1, 0.15) is 226 Å². The molecule has 6 unspecified atom stereocenters. The highest BCUT2D eigenvalue weighted by molar-refractivity contribution is 5.74. The van der Waals surface area contributed by atoms with E-state index >= 15 is 0 Å². The van der Waals surface area contributed by atoms with Crippen LogP contribution in [0, 0.1) is 0 Å². The molecular formula is C67H106O12. The summed E-state index contributed by atoms with van der Waals surface area (Å²) in [4.78, 5) is 51.2. The molecule has 12 nitrogen and oxygen atoms in total. The van der Waals surface area contributed by atoms with Gasteiger partial charge in [0.2, 0.25) is 0 Å². The van der Waals surface area contributed by atoms with E-state index < -0.39 is 67.3 Å². The molecular weight excluding hydrogens is 997 g/mol. The third kappa shape index (κ3) is 43.6. The van der Waals surface area contributed by atoms with E-state index in [1.165, 1.54) is 19.3 Å². The molecule has 0 aromatic carbocycles. The lowest BCUT2D eigenvalue weighted by Gasteiger charge is -2.40. The van der Waals surface area contributed by atoms with E-state index in [0.29, 0.717) is 19.3 Å². The number of ether oxygens (including phenoxy) is 5. The second kappa shape index (κ2) is 53.7. The molecule has 0 bridgehead atoms. The van der Waals surface area contributed by atoms with Crippen molar-refractivity contribution in [2.45, 2.75) is 263 Å². The van der Waals surface area contributed by atoms with E-state index in [0.717, 1.165) is 148 Å². The van der Waals surface area contributed by atoms with Crippen LogP contribution in [0.15, 0.2) is 122 Å². The maximum absolute atomic E-state index is 13.2. The predicted molar refractivity (Wildman–Crippen MR) is 321 cm³/mol. The molecule has 0 aromatic heterocycles. The summed E-state index contributed by atoms with van der Waals surface area (Å²) in [6.45, 7) is 5.70. The summed E-state index contributed by atoms with van der Waals surface area (Å²) in [7, 11) is 0. The molecule has 3 N–H and O–H groups in total. The largest absolute Gasteiger partial charge is 0.479 e. The molecule has 1 rings (SSSR count). The monoisotopic (exact) mass is 1100 g/mol. The van der Waals surface area contributed by atoms with Crippen molar-refractivity contribution in [2.24, 2.45) is 0 Å². The van der Waals surface area contributed by atoms with Gasteiger partial charge in [-0.25, -0.2) is 4.79 Å². The summed E-state index contributed by atoms with van der Waals surface area (Å²) < 4.78 is 28.3. The smallest absolute Gasteiger partial charge is 0.335 e. The molecule has 1 heterocycles. The Balaban J connectivity index is 2.75. The number of aliphatic hydroxyl groups excluding tert-OH is 2. The van der Waals surface area contributed by atoms with Crippen molar-refractivity contribution in [2.75, 3.05) is 13.2 Å². The molecule has 0 aliphatic carbocycles. The molecule has 1 saturated heterocycles. The van der Waals surface area contributed by atoms with Crippen LogP contribution in [-0.4, -0.2) is 89.2 Å². The molecule has 0 radical (unpaired) electrons. The summed E-state index contributed by atoms with van der Waals surface area (Å²) in [5, 5.41) is 31.5. The van der Waals surface area contributed by atoms with Crippen molar-refractivity contribution in [1.82, 2.24) is 0 Å². The molecule has 12 heteroatoms. The van der Waals surface area contributed by atoms with E-state index in [4.69, 9.17) is 23.7 Å². The number of aliphatic hydroxyl groups is 2. The zero-order chi connectivity index (χ0) is 57.5. The predicted octanol–water partition coefficient (Wildman–Crippen LogP) is 16.0. The van der Waals surface area contributed by atoms with Crippen LogP contribution in [0.2, 0.25) is 0 Å². The topological polar surface area (TPSA) is 175 Å². The molecule has 1 fully saturated rings. The number of esters is 3. The van der Waals surface area contributed by atoms with E-state index in [1.807, 2.05) is 12.2 Å². The first kappa shape index (κ1) is 72.1. The quantitative estimate of drug-likeness (QED) is 0.0228. The molecule has 0 aromatic rings. The summed E-state index contributed by atoms with van der Waals surface area (Å²) in [5.41, 5.74) is 0. The zero-order valence-electron chi connectivity index (χ0n) is 49.1. The number of carboxylic acid groups (broad SMARTS) is 1. The van der Waals surface area contributed by atoms with Gasteiger partial charge in [-0.2, -0.15) is 0 Å². The minimum atomic E-state index is -1.92. The van der Waals surface area contributed by atoms with E-state index in [9.17, 15) is 34.5 Å². The molecule has 0 saturated carbocycles. The fourth-order valence-electron chi connectivity index (χ4n) is 8.34.